The number of rotatable bonds is 6. The summed E-state index contributed by atoms with van der Waals surface area (Å²) in [6.45, 7) is 0.909. The molecule has 0 aliphatic carbocycles. The van der Waals surface area contributed by atoms with Crippen LogP contribution in [-0.4, -0.2) is 69.9 Å². The second kappa shape index (κ2) is 6.26. The molecule has 0 radical (unpaired) electrons. The summed E-state index contributed by atoms with van der Waals surface area (Å²) < 4.78 is 36.5. The molecule has 1 saturated heterocycles. The van der Waals surface area contributed by atoms with Crippen molar-refractivity contribution in [2.24, 2.45) is 0 Å². The third-order valence-corrected chi connectivity index (χ3v) is 3.90. The van der Waals surface area contributed by atoms with Crippen molar-refractivity contribution in [3.8, 4) is 0 Å². The van der Waals surface area contributed by atoms with Crippen LogP contribution in [0.1, 0.15) is 0 Å². The fraction of sp³-hybridized carbons (Fsp3) is 0.875. The SMILES string of the molecule is COC(CNS(=O)(=O)N1CCOCC1)C(=O)O. The zero-order valence-corrected chi connectivity index (χ0v) is 10.3. The maximum absolute atomic E-state index is 11.7. The first-order valence-electron chi connectivity index (χ1n) is 5.05. The standard InChI is InChI=1S/C8H16N2O6S/c1-15-7(8(11)12)6-9-17(13,14)10-2-4-16-5-3-10/h7,9H,2-6H2,1H3,(H,11,12). The van der Waals surface area contributed by atoms with Crippen LogP contribution in [0.2, 0.25) is 0 Å². The van der Waals surface area contributed by atoms with Gasteiger partial charge in [0, 0.05) is 26.7 Å². The molecule has 0 aromatic carbocycles. The Kier molecular flexibility index (Phi) is 5.28. The quantitative estimate of drug-likeness (QED) is 0.592. The number of carboxylic acids is 1. The molecular formula is C8H16N2O6S. The molecule has 0 saturated carbocycles. The minimum atomic E-state index is -3.66. The van der Waals surface area contributed by atoms with Crippen molar-refractivity contribution in [3.05, 3.63) is 0 Å². The predicted molar refractivity (Wildman–Crippen MR) is 57.7 cm³/mol. The molecular weight excluding hydrogens is 252 g/mol. The summed E-state index contributed by atoms with van der Waals surface area (Å²) in [6.07, 6.45) is -1.19. The first kappa shape index (κ1) is 14.3. The maximum Gasteiger partial charge on any atom is 0.334 e. The molecule has 0 bridgehead atoms. The number of aliphatic carboxylic acids is 1. The van der Waals surface area contributed by atoms with Crippen LogP contribution in [0.4, 0.5) is 0 Å². The molecule has 2 N–H and O–H groups in total. The third-order valence-electron chi connectivity index (χ3n) is 2.32. The van der Waals surface area contributed by atoms with E-state index in [1.165, 1.54) is 11.4 Å². The molecule has 100 valence electrons. The Morgan fingerprint density at radius 1 is 1.53 bits per heavy atom. The van der Waals surface area contributed by atoms with Gasteiger partial charge in [-0.15, -0.1) is 0 Å². The molecule has 1 atom stereocenters. The minimum absolute atomic E-state index is 0.264. The third kappa shape index (κ3) is 4.21. The lowest BCUT2D eigenvalue weighted by atomic mass is 10.4. The van der Waals surface area contributed by atoms with Gasteiger partial charge < -0.3 is 14.6 Å². The van der Waals surface area contributed by atoms with Crippen molar-refractivity contribution in [3.63, 3.8) is 0 Å². The van der Waals surface area contributed by atoms with Crippen molar-refractivity contribution in [2.75, 3.05) is 40.0 Å². The van der Waals surface area contributed by atoms with E-state index < -0.39 is 22.3 Å². The second-order valence-corrected chi connectivity index (χ2v) is 5.18. The van der Waals surface area contributed by atoms with Gasteiger partial charge in [0.05, 0.1) is 13.2 Å². The second-order valence-electron chi connectivity index (χ2n) is 3.43. The lowest BCUT2D eigenvalue weighted by Gasteiger charge is -2.26. The first-order valence-corrected chi connectivity index (χ1v) is 6.49. The summed E-state index contributed by atoms with van der Waals surface area (Å²) >= 11 is 0. The van der Waals surface area contributed by atoms with E-state index in [9.17, 15) is 13.2 Å². The van der Waals surface area contributed by atoms with Crippen molar-refractivity contribution >= 4 is 16.2 Å². The highest BCUT2D eigenvalue weighted by atomic mass is 32.2. The zero-order chi connectivity index (χ0) is 12.9. The summed E-state index contributed by atoms with van der Waals surface area (Å²) in [6, 6.07) is 0. The number of hydrogen-bond donors (Lipinski definition) is 2. The summed E-state index contributed by atoms with van der Waals surface area (Å²) in [7, 11) is -2.45. The minimum Gasteiger partial charge on any atom is -0.479 e. The molecule has 1 unspecified atom stereocenters. The molecule has 1 fully saturated rings. The molecule has 0 amide bonds. The lowest BCUT2D eigenvalue weighted by Crippen LogP contribution is -2.49. The fourth-order valence-electron chi connectivity index (χ4n) is 1.33. The van der Waals surface area contributed by atoms with Gasteiger partial charge in [0.2, 0.25) is 0 Å². The van der Waals surface area contributed by atoms with Crippen LogP contribution in [-0.2, 0) is 24.5 Å². The summed E-state index contributed by atoms with van der Waals surface area (Å²) in [5.41, 5.74) is 0. The Hall–Kier alpha value is -0.740. The van der Waals surface area contributed by atoms with Crippen LogP contribution in [0.25, 0.3) is 0 Å². The summed E-state index contributed by atoms with van der Waals surface area (Å²) in [4.78, 5) is 10.6. The van der Waals surface area contributed by atoms with Crippen molar-refractivity contribution in [2.45, 2.75) is 6.10 Å². The molecule has 8 nitrogen and oxygen atoms in total. The van der Waals surface area contributed by atoms with Gasteiger partial charge in [0.1, 0.15) is 0 Å². The van der Waals surface area contributed by atoms with Gasteiger partial charge in [-0.1, -0.05) is 0 Å². The van der Waals surface area contributed by atoms with Gasteiger partial charge in [-0.25, -0.2) is 4.79 Å². The molecule has 0 aromatic heterocycles. The summed E-state index contributed by atoms with van der Waals surface area (Å²) in [5.74, 6) is -1.21. The number of ether oxygens (including phenoxy) is 2. The van der Waals surface area contributed by atoms with E-state index in [1.54, 1.807) is 0 Å². The normalized spacial score (nSPS) is 20.1. The molecule has 1 aliphatic heterocycles. The van der Waals surface area contributed by atoms with Gasteiger partial charge in [-0.3, -0.25) is 0 Å². The fourth-order valence-corrected chi connectivity index (χ4v) is 2.51. The highest BCUT2D eigenvalue weighted by molar-refractivity contribution is 7.87. The van der Waals surface area contributed by atoms with Crippen molar-refractivity contribution < 1.29 is 27.8 Å². The van der Waals surface area contributed by atoms with E-state index in [0.29, 0.717) is 13.2 Å². The smallest absolute Gasteiger partial charge is 0.334 e. The Labute approximate surface area is 99.7 Å². The van der Waals surface area contributed by atoms with E-state index in [4.69, 9.17) is 9.84 Å². The van der Waals surface area contributed by atoms with Gasteiger partial charge >= 0.3 is 5.97 Å². The largest absolute Gasteiger partial charge is 0.479 e. The highest BCUT2D eigenvalue weighted by Crippen LogP contribution is 2.03. The van der Waals surface area contributed by atoms with E-state index in [1.807, 2.05) is 0 Å². The van der Waals surface area contributed by atoms with E-state index in [0.717, 1.165) is 0 Å². The molecule has 0 aromatic rings. The Bertz CT molecular complexity index is 351. The Balaban J connectivity index is 2.51. The number of hydrogen-bond acceptors (Lipinski definition) is 5. The topological polar surface area (TPSA) is 105 Å². The lowest BCUT2D eigenvalue weighted by molar-refractivity contribution is -0.147. The molecule has 1 rings (SSSR count). The van der Waals surface area contributed by atoms with E-state index in [2.05, 4.69) is 9.46 Å². The molecule has 0 spiro atoms. The van der Waals surface area contributed by atoms with E-state index in [-0.39, 0.29) is 19.6 Å². The van der Waals surface area contributed by atoms with Crippen LogP contribution in [0.3, 0.4) is 0 Å². The van der Waals surface area contributed by atoms with Crippen molar-refractivity contribution in [1.82, 2.24) is 9.03 Å². The summed E-state index contributed by atoms with van der Waals surface area (Å²) in [5, 5.41) is 8.69. The van der Waals surface area contributed by atoms with Crippen LogP contribution in [0.15, 0.2) is 0 Å². The van der Waals surface area contributed by atoms with Crippen LogP contribution < -0.4 is 4.72 Å². The first-order chi connectivity index (χ1) is 7.97. The van der Waals surface area contributed by atoms with E-state index >= 15 is 0 Å². The monoisotopic (exact) mass is 268 g/mol. The average molecular weight is 268 g/mol. The van der Waals surface area contributed by atoms with Crippen LogP contribution in [0, 0.1) is 0 Å². The zero-order valence-electron chi connectivity index (χ0n) is 9.46. The number of methoxy groups -OCH3 is 1. The number of nitrogens with one attached hydrogen (secondary N) is 1. The Morgan fingerprint density at radius 2 is 2.12 bits per heavy atom. The van der Waals surface area contributed by atoms with Crippen molar-refractivity contribution in [1.29, 1.82) is 0 Å². The van der Waals surface area contributed by atoms with Gasteiger partial charge in [-0.2, -0.15) is 17.4 Å². The van der Waals surface area contributed by atoms with Gasteiger partial charge in [0.15, 0.2) is 6.10 Å². The van der Waals surface area contributed by atoms with Crippen LogP contribution in [0.5, 0.6) is 0 Å². The van der Waals surface area contributed by atoms with Gasteiger partial charge in [-0.05, 0) is 0 Å². The maximum atomic E-state index is 11.7. The Morgan fingerprint density at radius 3 is 2.59 bits per heavy atom. The molecule has 1 heterocycles. The number of nitrogens with zero attached hydrogens (tertiary/aromatic N) is 1. The van der Waals surface area contributed by atoms with Gasteiger partial charge in [0.25, 0.3) is 10.2 Å². The molecule has 17 heavy (non-hydrogen) atoms. The predicted octanol–water partition coefficient (Wildman–Crippen LogP) is -1.75. The van der Waals surface area contributed by atoms with Crippen LogP contribution >= 0.6 is 0 Å². The number of morpholine rings is 1. The number of carboxylic acid groups (broad SMARTS) is 1. The molecule has 1 aliphatic rings. The molecule has 9 heteroatoms. The number of carbonyl (C=O) groups is 1. The average Bonchev–Trinajstić information content (AvgIpc) is 2.30. The highest BCUT2D eigenvalue weighted by Gasteiger charge is 2.26.